The van der Waals surface area contributed by atoms with Crippen molar-refractivity contribution in [1.82, 2.24) is 0 Å². The van der Waals surface area contributed by atoms with Gasteiger partial charge in [0.1, 0.15) is 0 Å². The first kappa shape index (κ1) is 15.6. The molecule has 1 saturated heterocycles. The zero-order chi connectivity index (χ0) is 14.4. The van der Waals surface area contributed by atoms with Gasteiger partial charge >= 0.3 is 0 Å². The van der Waals surface area contributed by atoms with Gasteiger partial charge in [-0.3, -0.25) is 0 Å². The van der Waals surface area contributed by atoms with Gasteiger partial charge in [0.25, 0.3) is 0 Å². The minimum atomic E-state index is -0.242. The Hall–Kier alpha value is -0.790. The van der Waals surface area contributed by atoms with E-state index < -0.39 is 0 Å². The maximum absolute atomic E-state index is 9.26. The third-order valence-electron chi connectivity index (χ3n) is 3.35. The van der Waals surface area contributed by atoms with Crippen LogP contribution in [0, 0.1) is 11.3 Å². The Morgan fingerprint density at radius 1 is 1.35 bits per heavy atom. The molecule has 2 rings (SSSR count). The van der Waals surface area contributed by atoms with Crippen molar-refractivity contribution in [1.29, 1.82) is 5.26 Å². The molecule has 108 valence electrons. The van der Waals surface area contributed by atoms with Crippen LogP contribution in [-0.4, -0.2) is 19.5 Å². The smallest absolute Gasteiger partial charge is 0.157 e. The predicted octanol–water partition coefficient (Wildman–Crippen LogP) is 4.53. The second-order valence-corrected chi connectivity index (χ2v) is 5.63. The molecular weight excluding hydrogens is 297 g/mol. The minimum Gasteiger partial charge on any atom is -0.353 e. The third kappa shape index (κ3) is 4.36. The van der Waals surface area contributed by atoms with Crippen molar-refractivity contribution in [2.24, 2.45) is 0 Å². The fourth-order valence-electron chi connectivity index (χ4n) is 2.19. The lowest BCUT2D eigenvalue weighted by molar-refractivity contribution is -0.162. The van der Waals surface area contributed by atoms with E-state index in [2.05, 4.69) is 6.07 Å². The molecule has 0 radical (unpaired) electrons. The summed E-state index contributed by atoms with van der Waals surface area (Å²) in [5.41, 5.74) is 0.870. The summed E-state index contributed by atoms with van der Waals surface area (Å²) in [6, 6.07) is 7.57. The monoisotopic (exact) mass is 313 g/mol. The van der Waals surface area contributed by atoms with Crippen LogP contribution in [0.1, 0.15) is 37.2 Å². The van der Waals surface area contributed by atoms with Crippen LogP contribution in [-0.2, 0) is 9.47 Å². The average Bonchev–Trinajstić information content (AvgIpc) is 2.48. The number of nitrogens with zero attached hydrogens (tertiary/aromatic N) is 1. The molecule has 0 bridgehead atoms. The van der Waals surface area contributed by atoms with Gasteiger partial charge in [0, 0.05) is 6.61 Å². The van der Waals surface area contributed by atoms with Crippen LogP contribution < -0.4 is 0 Å². The Kier molecular flexibility index (Phi) is 6.12. The molecule has 20 heavy (non-hydrogen) atoms. The first-order valence-corrected chi connectivity index (χ1v) is 7.54. The van der Waals surface area contributed by atoms with Gasteiger partial charge in [-0.2, -0.15) is 5.26 Å². The molecule has 1 heterocycles. The summed E-state index contributed by atoms with van der Waals surface area (Å²) >= 11 is 11.9. The highest BCUT2D eigenvalue weighted by Crippen LogP contribution is 2.28. The van der Waals surface area contributed by atoms with Gasteiger partial charge in [-0.1, -0.05) is 29.3 Å². The van der Waals surface area contributed by atoms with Crippen LogP contribution in [0.5, 0.6) is 0 Å². The summed E-state index contributed by atoms with van der Waals surface area (Å²) in [5.74, 6) is -0.242. The number of hydrogen-bond acceptors (Lipinski definition) is 3. The van der Waals surface area contributed by atoms with E-state index in [0.717, 1.165) is 31.4 Å². The van der Waals surface area contributed by atoms with Gasteiger partial charge < -0.3 is 9.47 Å². The molecule has 0 amide bonds. The van der Waals surface area contributed by atoms with Crippen molar-refractivity contribution in [3.63, 3.8) is 0 Å². The number of nitriles is 1. The number of halogens is 2. The van der Waals surface area contributed by atoms with E-state index >= 15 is 0 Å². The second-order valence-electron chi connectivity index (χ2n) is 4.81. The van der Waals surface area contributed by atoms with Crippen LogP contribution in [0.25, 0.3) is 0 Å². The lowest BCUT2D eigenvalue weighted by Gasteiger charge is -2.23. The van der Waals surface area contributed by atoms with Gasteiger partial charge in [-0.05, 0) is 43.4 Å². The summed E-state index contributed by atoms with van der Waals surface area (Å²) in [6.45, 7) is 1.27. The fraction of sp³-hybridized carbons (Fsp3) is 0.533. The van der Waals surface area contributed by atoms with E-state index in [9.17, 15) is 5.26 Å². The van der Waals surface area contributed by atoms with Crippen LogP contribution in [0.2, 0.25) is 10.0 Å². The van der Waals surface area contributed by atoms with Crippen molar-refractivity contribution in [3.8, 4) is 6.07 Å². The third-order valence-corrected chi connectivity index (χ3v) is 4.09. The summed E-state index contributed by atoms with van der Waals surface area (Å²) < 4.78 is 11.1. The van der Waals surface area contributed by atoms with Gasteiger partial charge in [-0.15, -0.1) is 0 Å². The quantitative estimate of drug-likeness (QED) is 0.801. The molecule has 1 aliphatic heterocycles. The van der Waals surface area contributed by atoms with E-state index in [1.54, 1.807) is 12.1 Å². The van der Waals surface area contributed by atoms with Crippen LogP contribution in [0.3, 0.4) is 0 Å². The minimum absolute atomic E-state index is 0.114. The van der Waals surface area contributed by atoms with Crippen molar-refractivity contribution in [2.45, 2.75) is 37.9 Å². The lowest BCUT2D eigenvalue weighted by Crippen LogP contribution is -2.23. The van der Waals surface area contributed by atoms with Crippen LogP contribution in [0.4, 0.5) is 0 Å². The fourth-order valence-corrected chi connectivity index (χ4v) is 2.50. The Morgan fingerprint density at radius 2 is 2.20 bits per heavy atom. The zero-order valence-corrected chi connectivity index (χ0v) is 12.7. The summed E-state index contributed by atoms with van der Waals surface area (Å²) in [6.07, 6.45) is 3.68. The van der Waals surface area contributed by atoms with Crippen LogP contribution >= 0.6 is 23.2 Å². The first-order chi connectivity index (χ1) is 9.70. The zero-order valence-electron chi connectivity index (χ0n) is 11.1. The normalized spacial score (nSPS) is 20.4. The summed E-state index contributed by atoms with van der Waals surface area (Å²) in [5, 5.41) is 10.2. The molecule has 5 heteroatoms. The van der Waals surface area contributed by atoms with Gasteiger partial charge in [-0.25, -0.2) is 0 Å². The molecule has 0 unspecified atom stereocenters. The van der Waals surface area contributed by atoms with E-state index in [0.29, 0.717) is 23.1 Å². The SMILES string of the molecule is N#C[C@@H](CCO[C@H]1CCCCO1)c1ccc(Cl)c(Cl)c1. The Labute approximate surface area is 129 Å². The molecule has 2 atom stereocenters. The molecule has 1 aromatic rings. The molecule has 0 aromatic heterocycles. The first-order valence-electron chi connectivity index (χ1n) is 6.78. The maximum atomic E-state index is 9.26. The topological polar surface area (TPSA) is 42.2 Å². The highest BCUT2D eigenvalue weighted by molar-refractivity contribution is 6.42. The van der Waals surface area contributed by atoms with E-state index in [-0.39, 0.29) is 12.2 Å². The van der Waals surface area contributed by atoms with Crippen molar-refractivity contribution >= 4 is 23.2 Å². The molecule has 0 aliphatic carbocycles. The van der Waals surface area contributed by atoms with Gasteiger partial charge in [0.05, 0.1) is 28.6 Å². The van der Waals surface area contributed by atoms with E-state index in [1.807, 2.05) is 6.07 Å². The summed E-state index contributed by atoms with van der Waals surface area (Å²) in [7, 11) is 0. The van der Waals surface area contributed by atoms with Crippen molar-refractivity contribution in [3.05, 3.63) is 33.8 Å². The summed E-state index contributed by atoms with van der Waals surface area (Å²) in [4.78, 5) is 0. The molecule has 1 aromatic carbocycles. The largest absolute Gasteiger partial charge is 0.353 e. The number of hydrogen-bond donors (Lipinski definition) is 0. The number of ether oxygens (including phenoxy) is 2. The highest BCUT2D eigenvalue weighted by atomic mass is 35.5. The van der Waals surface area contributed by atoms with Crippen molar-refractivity contribution in [2.75, 3.05) is 13.2 Å². The molecule has 0 saturated carbocycles. The predicted molar refractivity (Wildman–Crippen MR) is 79.0 cm³/mol. The maximum Gasteiger partial charge on any atom is 0.157 e. The molecule has 1 aliphatic rings. The number of benzene rings is 1. The standard InChI is InChI=1S/C15H17Cl2NO2/c16-13-5-4-11(9-14(13)17)12(10-18)6-8-20-15-3-1-2-7-19-15/h4-5,9,12,15H,1-3,6-8H2/t12-,15+/m1/s1. The highest BCUT2D eigenvalue weighted by Gasteiger charge is 2.16. The molecule has 0 N–H and O–H groups in total. The molecule has 3 nitrogen and oxygen atoms in total. The van der Waals surface area contributed by atoms with E-state index in [1.165, 1.54) is 0 Å². The Bertz CT molecular complexity index is 481. The van der Waals surface area contributed by atoms with Crippen LogP contribution in [0.15, 0.2) is 18.2 Å². The van der Waals surface area contributed by atoms with Crippen molar-refractivity contribution < 1.29 is 9.47 Å². The number of rotatable bonds is 5. The molecule has 0 spiro atoms. The Balaban J connectivity index is 1.85. The Morgan fingerprint density at radius 3 is 2.85 bits per heavy atom. The lowest BCUT2D eigenvalue weighted by atomic mass is 9.98. The van der Waals surface area contributed by atoms with E-state index in [4.69, 9.17) is 32.7 Å². The van der Waals surface area contributed by atoms with Gasteiger partial charge in [0.2, 0.25) is 0 Å². The molecular formula is C15H17Cl2NO2. The average molecular weight is 314 g/mol. The molecule has 1 fully saturated rings. The van der Waals surface area contributed by atoms with Gasteiger partial charge in [0.15, 0.2) is 6.29 Å². The second kappa shape index (κ2) is 7.85.